The van der Waals surface area contributed by atoms with Crippen LogP contribution in [0.2, 0.25) is 0 Å². The lowest BCUT2D eigenvalue weighted by atomic mass is 10.0. The van der Waals surface area contributed by atoms with Crippen LogP contribution in [0.15, 0.2) is 54.2 Å². The molecule has 0 aromatic heterocycles. The lowest BCUT2D eigenvalue weighted by Crippen LogP contribution is -2.36. The third kappa shape index (κ3) is 4.18. The molecule has 0 radical (unpaired) electrons. The SMILES string of the molecule is CC(C)c1ccc(N2C(=O)/C(=C\c3ccc(N4CCOCC4)cc3)NC2=S)cc1. The van der Waals surface area contributed by atoms with E-state index in [0.717, 1.165) is 37.6 Å². The molecule has 150 valence electrons. The Hall–Kier alpha value is -2.70. The quantitative estimate of drug-likeness (QED) is 0.615. The Morgan fingerprint density at radius 3 is 2.24 bits per heavy atom. The Kier molecular flexibility index (Phi) is 5.65. The zero-order valence-corrected chi connectivity index (χ0v) is 17.5. The molecule has 1 N–H and O–H groups in total. The standard InChI is InChI=1S/C23H25N3O2S/c1-16(2)18-5-9-20(10-6-18)26-22(27)21(24-23(26)29)15-17-3-7-19(8-4-17)25-11-13-28-14-12-25/h3-10,15-16H,11-14H2,1-2H3,(H,24,29)/b21-15+. The van der Waals surface area contributed by atoms with E-state index >= 15 is 0 Å². The molecule has 29 heavy (non-hydrogen) atoms. The van der Waals surface area contributed by atoms with Crippen molar-refractivity contribution < 1.29 is 9.53 Å². The number of carbonyl (C=O) groups excluding carboxylic acids is 1. The molecule has 5 nitrogen and oxygen atoms in total. The third-order valence-electron chi connectivity index (χ3n) is 5.28. The van der Waals surface area contributed by atoms with E-state index < -0.39 is 0 Å². The first kappa shape index (κ1) is 19.6. The van der Waals surface area contributed by atoms with Crippen LogP contribution in [0.3, 0.4) is 0 Å². The summed E-state index contributed by atoms with van der Waals surface area (Å²) in [4.78, 5) is 16.8. The molecule has 0 unspecified atom stereocenters. The molecule has 0 bridgehead atoms. The fourth-order valence-electron chi connectivity index (χ4n) is 3.55. The summed E-state index contributed by atoms with van der Waals surface area (Å²) in [5.41, 5.74) is 4.63. The summed E-state index contributed by atoms with van der Waals surface area (Å²) in [6.45, 7) is 7.62. The lowest BCUT2D eigenvalue weighted by molar-refractivity contribution is -0.113. The molecule has 0 saturated carbocycles. The van der Waals surface area contributed by atoms with Crippen LogP contribution >= 0.6 is 12.2 Å². The molecule has 2 aromatic rings. The van der Waals surface area contributed by atoms with Crippen molar-refractivity contribution in [2.75, 3.05) is 36.1 Å². The molecule has 0 spiro atoms. The number of amides is 1. The van der Waals surface area contributed by atoms with E-state index in [1.54, 1.807) is 4.90 Å². The summed E-state index contributed by atoms with van der Waals surface area (Å²) >= 11 is 5.42. The van der Waals surface area contributed by atoms with Crippen LogP contribution in [0.25, 0.3) is 6.08 Å². The molecule has 6 heteroatoms. The van der Waals surface area contributed by atoms with E-state index in [1.165, 1.54) is 11.3 Å². The van der Waals surface area contributed by atoms with Crippen LogP contribution in [0.5, 0.6) is 0 Å². The fourth-order valence-corrected chi connectivity index (χ4v) is 3.85. The molecule has 2 saturated heterocycles. The van der Waals surface area contributed by atoms with Crippen molar-refractivity contribution in [1.29, 1.82) is 0 Å². The first-order chi connectivity index (χ1) is 14.0. The van der Waals surface area contributed by atoms with Gasteiger partial charge in [0.25, 0.3) is 5.91 Å². The number of ether oxygens (including phenoxy) is 1. The highest BCUT2D eigenvalue weighted by Gasteiger charge is 2.31. The molecule has 0 atom stereocenters. The van der Waals surface area contributed by atoms with Gasteiger partial charge in [0.05, 0.1) is 18.9 Å². The van der Waals surface area contributed by atoms with Gasteiger partial charge in [-0.25, -0.2) is 0 Å². The maximum Gasteiger partial charge on any atom is 0.281 e. The highest BCUT2D eigenvalue weighted by molar-refractivity contribution is 7.80. The van der Waals surface area contributed by atoms with Crippen LogP contribution in [0, 0.1) is 0 Å². The highest BCUT2D eigenvalue weighted by Crippen LogP contribution is 2.25. The molecule has 2 aliphatic rings. The maximum atomic E-state index is 12.9. The van der Waals surface area contributed by atoms with Crippen LogP contribution in [-0.2, 0) is 9.53 Å². The van der Waals surface area contributed by atoms with Gasteiger partial charge in [-0.1, -0.05) is 38.1 Å². The molecular weight excluding hydrogens is 382 g/mol. The minimum Gasteiger partial charge on any atom is -0.378 e. The van der Waals surface area contributed by atoms with Gasteiger partial charge in [-0.05, 0) is 59.6 Å². The van der Waals surface area contributed by atoms with E-state index in [2.05, 4.69) is 36.2 Å². The second-order valence-electron chi connectivity index (χ2n) is 7.57. The number of nitrogens with zero attached hydrogens (tertiary/aromatic N) is 2. The zero-order chi connectivity index (χ0) is 20.4. The zero-order valence-electron chi connectivity index (χ0n) is 16.7. The second-order valence-corrected chi connectivity index (χ2v) is 7.95. The van der Waals surface area contributed by atoms with E-state index in [-0.39, 0.29) is 5.91 Å². The van der Waals surface area contributed by atoms with Gasteiger partial charge in [0, 0.05) is 18.8 Å². The molecule has 0 aliphatic carbocycles. The Morgan fingerprint density at radius 1 is 1.00 bits per heavy atom. The molecule has 2 aliphatic heterocycles. The third-order valence-corrected chi connectivity index (χ3v) is 5.56. The molecule has 2 heterocycles. The van der Waals surface area contributed by atoms with E-state index in [1.807, 2.05) is 42.5 Å². The highest BCUT2D eigenvalue weighted by atomic mass is 32.1. The van der Waals surface area contributed by atoms with Gasteiger partial charge in [-0.2, -0.15) is 0 Å². The summed E-state index contributed by atoms with van der Waals surface area (Å²) in [5.74, 6) is 0.309. The van der Waals surface area contributed by atoms with Gasteiger partial charge in [0.15, 0.2) is 5.11 Å². The first-order valence-electron chi connectivity index (χ1n) is 9.93. The van der Waals surface area contributed by atoms with E-state index in [4.69, 9.17) is 17.0 Å². The molecule has 1 amide bonds. The number of benzene rings is 2. The monoisotopic (exact) mass is 407 g/mol. The number of nitrogens with one attached hydrogen (secondary N) is 1. The minimum atomic E-state index is -0.135. The Balaban J connectivity index is 1.51. The predicted octanol–water partition coefficient (Wildman–Crippen LogP) is 3.91. The molecule has 4 rings (SSSR count). The second kappa shape index (κ2) is 8.35. The number of hydrogen-bond donors (Lipinski definition) is 1. The summed E-state index contributed by atoms with van der Waals surface area (Å²) in [6, 6.07) is 16.2. The van der Waals surface area contributed by atoms with Crippen molar-refractivity contribution in [2.24, 2.45) is 0 Å². The number of hydrogen-bond acceptors (Lipinski definition) is 4. The maximum absolute atomic E-state index is 12.9. The van der Waals surface area contributed by atoms with Gasteiger partial charge in [-0.3, -0.25) is 9.69 Å². The van der Waals surface area contributed by atoms with Crippen molar-refractivity contribution in [3.05, 3.63) is 65.4 Å². The number of anilines is 2. The van der Waals surface area contributed by atoms with E-state index in [9.17, 15) is 4.79 Å². The van der Waals surface area contributed by atoms with E-state index in [0.29, 0.717) is 16.7 Å². The van der Waals surface area contributed by atoms with Gasteiger partial charge < -0.3 is 15.0 Å². The molecule has 2 fully saturated rings. The van der Waals surface area contributed by atoms with Gasteiger partial charge in [0.1, 0.15) is 5.70 Å². The minimum absolute atomic E-state index is 0.135. The van der Waals surface area contributed by atoms with Crippen LogP contribution in [0.4, 0.5) is 11.4 Å². The largest absolute Gasteiger partial charge is 0.378 e. The van der Waals surface area contributed by atoms with Crippen LogP contribution in [-0.4, -0.2) is 37.3 Å². The summed E-state index contributed by atoms with van der Waals surface area (Å²) in [7, 11) is 0. The average molecular weight is 408 g/mol. The summed E-state index contributed by atoms with van der Waals surface area (Å²) in [6.07, 6.45) is 1.85. The topological polar surface area (TPSA) is 44.8 Å². The number of rotatable bonds is 4. The van der Waals surface area contributed by atoms with Crippen LogP contribution in [0.1, 0.15) is 30.9 Å². The number of thiocarbonyl (C=S) groups is 1. The van der Waals surface area contributed by atoms with Crippen LogP contribution < -0.4 is 15.1 Å². The van der Waals surface area contributed by atoms with Crippen molar-refractivity contribution >= 4 is 40.7 Å². The lowest BCUT2D eigenvalue weighted by Gasteiger charge is -2.28. The van der Waals surface area contributed by atoms with Crippen molar-refractivity contribution in [3.8, 4) is 0 Å². The fraction of sp³-hybridized carbons (Fsp3) is 0.304. The number of morpholine rings is 1. The Morgan fingerprint density at radius 2 is 1.62 bits per heavy atom. The van der Waals surface area contributed by atoms with Gasteiger partial charge in [0.2, 0.25) is 0 Å². The van der Waals surface area contributed by atoms with Crippen molar-refractivity contribution in [3.63, 3.8) is 0 Å². The molecule has 2 aromatic carbocycles. The summed E-state index contributed by atoms with van der Waals surface area (Å²) < 4.78 is 5.41. The predicted molar refractivity (Wildman–Crippen MR) is 121 cm³/mol. The smallest absolute Gasteiger partial charge is 0.281 e. The Labute approximate surface area is 177 Å². The average Bonchev–Trinajstić information content (AvgIpc) is 3.02. The Bertz CT molecular complexity index is 930. The van der Waals surface area contributed by atoms with Crippen molar-refractivity contribution in [2.45, 2.75) is 19.8 Å². The normalized spacial score (nSPS) is 18.7. The van der Waals surface area contributed by atoms with Gasteiger partial charge in [-0.15, -0.1) is 0 Å². The number of carbonyl (C=O) groups is 1. The summed E-state index contributed by atoms with van der Waals surface area (Å²) in [5, 5.41) is 3.46. The molecular formula is C23H25N3O2S. The first-order valence-corrected chi connectivity index (χ1v) is 10.3. The van der Waals surface area contributed by atoms with Gasteiger partial charge >= 0.3 is 0 Å². The van der Waals surface area contributed by atoms with Crippen molar-refractivity contribution in [1.82, 2.24) is 5.32 Å².